The van der Waals surface area contributed by atoms with Crippen molar-refractivity contribution in [2.45, 2.75) is 25.4 Å². The first kappa shape index (κ1) is 23.7. The van der Waals surface area contributed by atoms with Gasteiger partial charge in [-0.05, 0) is 42.2 Å². The van der Waals surface area contributed by atoms with E-state index in [1.165, 1.54) is 6.07 Å². The number of aliphatic hydroxyl groups excluding tert-OH is 1. The third kappa shape index (κ3) is 8.46. The topological polar surface area (TPSA) is 125 Å². The van der Waals surface area contributed by atoms with Gasteiger partial charge in [0.25, 0.3) is 10.1 Å². The minimum absolute atomic E-state index is 0.220. The Morgan fingerprint density at radius 2 is 1.83 bits per heavy atom. The Bertz CT molecular complexity index is 921. The molecule has 0 bridgehead atoms. The van der Waals surface area contributed by atoms with Crippen LogP contribution in [0.3, 0.4) is 0 Å². The molecule has 164 valence electrons. The van der Waals surface area contributed by atoms with Crippen LogP contribution in [0.4, 0.5) is 4.39 Å². The Balaban J connectivity index is 1.74. The van der Waals surface area contributed by atoms with Crippen LogP contribution in [0.15, 0.2) is 48.5 Å². The molecular weight excluding hydrogens is 415 g/mol. The highest BCUT2D eigenvalue weighted by Crippen LogP contribution is 2.14. The molecule has 1 atom stereocenters. The lowest BCUT2D eigenvalue weighted by atomic mass is 10.1. The predicted molar refractivity (Wildman–Crippen MR) is 109 cm³/mol. The normalized spacial score (nSPS) is 12.4. The minimum Gasteiger partial charge on any atom is -0.494 e. The van der Waals surface area contributed by atoms with E-state index in [-0.39, 0.29) is 12.4 Å². The van der Waals surface area contributed by atoms with Crippen molar-refractivity contribution < 1.29 is 32.0 Å². The van der Waals surface area contributed by atoms with Crippen LogP contribution in [-0.4, -0.2) is 49.1 Å². The molecule has 0 aromatic heterocycles. The summed E-state index contributed by atoms with van der Waals surface area (Å²) in [5.41, 5.74) is 1.47. The molecule has 1 unspecified atom stereocenters. The second kappa shape index (κ2) is 11.6. The van der Waals surface area contributed by atoms with Gasteiger partial charge in [-0.25, -0.2) is 4.39 Å². The number of rotatable bonds is 12. The lowest BCUT2D eigenvalue weighted by Crippen LogP contribution is -2.47. The highest BCUT2D eigenvalue weighted by molar-refractivity contribution is 7.85. The van der Waals surface area contributed by atoms with E-state index in [0.29, 0.717) is 30.8 Å². The van der Waals surface area contributed by atoms with Crippen LogP contribution in [0.2, 0.25) is 0 Å². The number of halogens is 1. The van der Waals surface area contributed by atoms with Crippen LogP contribution in [0.5, 0.6) is 5.75 Å². The van der Waals surface area contributed by atoms with E-state index in [0.717, 1.165) is 5.56 Å². The van der Waals surface area contributed by atoms with Crippen molar-refractivity contribution in [2.75, 3.05) is 19.1 Å². The number of nitrogens with one attached hydrogen (secondary N) is 2. The number of ether oxygens (including phenoxy) is 1. The van der Waals surface area contributed by atoms with E-state index >= 15 is 0 Å². The Labute approximate surface area is 174 Å². The molecule has 4 N–H and O–H groups in total. The number of hydrogen-bond donors (Lipinski definition) is 4. The van der Waals surface area contributed by atoms with Gasteiger partial charge in [0.2, 0.25) is 5.91 Å². The van der Waals surface area contributed by atoms with E-state index in [1.54, 1.807) is 42.5 Å². The van der Waals surface area contributed by atoms with E-state index in [1.807, 2.05) is 5.32 Å². The second-order valence-electron chi connectivity index (χ2n) is 6.57. The molecule has 2 rings (SSSR count). The fraction of sp³-hybridized carbons (Fsp3) is 0.350. The maximum Gasteiger partial charge on any atom is 0.283 e. The van der Waals surface area contributed by atoms with Crippen molar-refractivity contribution in [3.8, 4) is 5.75 Å². The Hall–Kier alpha value is -2.53. The van der Waals surface area contributed by atoms with Crippen LogP contribution in [0.1, 0.15) is 17.5 Å². The summed E-state index contributed by atoms with van der Waals surface area (Å²) < 4.78 is 49.2. The lowest BCUT2D eigenvalue weighted by molar-refractivity contribution is -0.123. The molecule has 0 saturated heterocycles. The molecule has 0 aliphatic heterocycles. The van der Waals surface area contributed by atoms with Gasteiger partial charge in [-0.15, -0.1) is 0 Å². The van der Waals surface area contributed by atoms with Crippen molar-refractivity contribution in [2.24, 2.45) is 0 Å². The van der Waals surface area contributed by atoms with Gasteiger partial charge in [-0.2, -0.15) is 8.42 Å². The molecule has 0 spiro atoms. The molecule has 30 heavy (non-hydrogen) atoms. The zero-order valence-corrected chi connectivity index (χ0v) is 17.1. The van der Waals surface area contributed by atoms with E-state index in [2.05, 4.69) is 5.32 Å². The standard InChI is InChI=1S/C20H25FN2O6S/c21-18-6-2-1-4-16(18)5-3-11-29-17-9-7-15(8-10-17)12-22-19(13-24)20(25)23-14-30(26,27)28/h1-2,4,6-10,19,22,24H,3,5,11-14H2,(H,23,25)(H,26,27,28). The summed E-state index contributed by atoms with van der Waals surface area (Å²) in [5.74, 6) is -1.24. The predicted octanol–water partition coefficient (Wildman–Crippen LogP) is 1.25. The highest BCUT2D eigenvalue weighted by atomic mass is 32.2. The van der Waals surface area contributed by atoms with Crippen LogP contribution in [0.25, 0.3) is 0 Å². The number of aliphatic hydroxyl groups is 1. The molecule has 0 aliphatic rings. The number of hydrogen-bond acceptors (Lipinski definition) is 6. The molecule has 0 saturated carbocycles. The Kier molecular flexibility index (Phi) is 9.18. The SMILES string of the molecule is O=C(NCS(=O)(=O)O)C(CO)NCc1ccc(OCCCc2ccccc2F)cc1. The average molecular weight is 440 g/mol. The number of benzene rings is 2. The molecule has 0 radical (unpaired) electrons. The summed E-state index contributed by atoms with van der Waals surface area (Å²) in [5, 5.41) is 14.1. The molecule has 10 heteroatoms. The Morgan fingerprint density at radius 3 is 2.47 bits per heavy atom. The first-order chi connectivity index (χ1) is 14.3. The summed E-state index contributed by atoms with van der Waals surface area (Å²) in [6.07, 6.45) is 1.25. The first-order valence-corrected chi connectivity index (χ1v) is 10.9. The smallest absolute Gasteiger partial charge is 0.283 e. The maximum atomic E-state index is 13.6. The van der Waals surface area contributed by atoms with E-state index < -0.39 is 34.6 Å². The van der Waals surface area contributed by atoms with Gasteiger partial charge in [0, 0.05) is 6.54 Å². The molecule has 0 heterocycles. The summed E-state index contributed by atoms with van der Waals surface area (Å²) in [4.78, 5) is 11.8. The molecule has 2 aromatic carbocycles. The van der Waals surface area contributed by atoms with Crippen molar-refractivity contribution >= 4 is 16.0 Å². The Morgan fingerprint density at radius 1 is 1.13 bits per heavy atom. The van der Waals surface area contributed by atoms with Gasteiger partial charge < -0.3 is 15.2 Å². The molecule has 1 amide bonds. The van der Waals surface area contributed by atoms with Gasteiger partial charge in [0.15, 0.2) is 0 Å². The fourth-order valence-corrected chi connectivity index (χ4v) is 2.95. The lowest BCUT2D eigenvalue weighted by Gasteiger charge is -2.16. The van der Waals surface area contributed by atoms with Crippen molar-refractivity contribution in [3.63, 3.8) is 0 Å². The second-order valence-corrected chi connectivity index (χ2v) is 8.02. The minimum atomic E-state index is -4.33. The largest absolute Gasteiger partial charge is 0.494 e. The monoisotopic (exact) mass is 440 g/mol. The van der Waals surface area contributed by atoms with Gasteiger partial charge in [0.1, 0.15) is 23.5 Å². The molecule has 8 nitrogen and oxygen atoms in total. The van der Waals surface area contributed by atoms with Gasteiger partial charge in [-0.3, -0.25) is 14.7 Å². The van der Waals surface area contributed by atoms with Crippen LogP contribution in [0, 0.1) is 5.82 Å². The summed E-state index contributed by atoms with van der Waals surface area (Å²) in [6, 6.07) is 12.7. The third-order valence-corrected chi connectivity index (χ3v) is 4.73. The summed E-state index contributed by atoms with van der Waals surface area (Å²) >= 11 is 0. The zero-order chi connectivity index (χ0) is 22.0. The van der Waals surface area contributed by atoms with Crippen molar-refractivity contribution in [1.82, 2.24) is 10.6 Å². The molecule has 0 fully saturated rings. The first-order valence-electron chi connectivity index (χ1n) is 9.31. The van der Waals surface area contributed by atoms with Crippen LogP contribution < -0.4 is 15.4 Å². The number of amides is 1. The molecular formula is C20H25FN2O6S. The zero-order valence-electron chi connectivity index (χ0n) is 16.3. The van der Waals surface area contributed by atoms with Crippen LogP contribution in [-0.2, 0) is 27.9 Å². The van der Waals surface area contributed by atoms with Gasteiger partial charge in [0.05, 0.1) is 13.2 Å². The number of aryl methyl sites for hydroxylation is 1. The average Bonchev–Trinajstić information content (AvgIpc) is 2.72. The van der Waals surface area contributed by atoms with Crippen molar-refractivity contribution in [1.29, 1.82) is 0 Å². The van der Waals surface area contributed by atoms with E-state index in [9.17, 15) is 22.7 Å². The summed E-state index contributed by atoms with van der Waals surface area (Å²) in [6.45, 7) is 0.144. The number of carbonyl (C=O) groups is 1. The maximum absolute atomic E-state index is 13.6. The van der Waals surface area contributed by atoms with E-state index in [4.69, 9.17) is 9.29 Å². The summed E-state index contributed by atoms with van der Waals surface area (Å²) in [7, 11) is -4.33. The molecule has 0 aliphatic carbocycles. The van der Waals surface area contributed by atoms with Gasteiger partial charge >= 0.3 is 0 Å². The van der Waals surface area contributed by atoms with Gasteiger partial charge in [-0.1, -0.05) is 30.3 Å². The quantitative estimate of drug-likeness (QED) is 0.289. The highest BCUT2D eigenvalue weighted by Gasteiger charge is 2.18. The number of carbonyl (C=O) groups excluding carboxylic acids is 1. The fourth-order valence-electron chi connectivity index (χ4n) is 2.62. The van der Waals surface area contributed by atoms with Crippen molar-refractivity contribution in [3.05, 3.63) is 65.5 Å². The third-order valence-electron chi connectivity index (χ3n) is 4.22. The van der Waals surface area contributed by atoms with Crippen LogP contribution >= 0.6 is 0 Å². The molecule has 2 aromatic rings.